The highest BCUT2D eigenvalue weighted by Gasteiger charge is 2.25. The van der Waals surface area contributed by atoms with Crippen LogP contribution in [0.1, 0.15) is 16.7 Å². The van der Waals surface area contributed by atoms with Gasteiger partial charge in [0.05, 0.1) is 33.5 Å². The maximum Gasteiger partial charge on any atom is 0.229 e. The highest BCUT2D eigenvalue weighted by Crippen LogP contribution is 2.26. The molecule has 0 saturated carbocycles. The minimum absolute atomic E-state index is 0.101. The number of carbonyl (C=O) groups excluding carboxylic acids is 1. The summed E-state index contributed by atoms with van der Waals surface area (Å²) in [6.07, 6.45) is 2.16. The van der Waals surface area contributed by atoms with Crippen LogP contribution in [-0.4, -0.2) is 70.7 Å². The number of methoxy groups -OCH3 is 2. The standard InChI is InChI=1S/C33H35N7O3/c1-42-27-13-8-11-25(19-27)20-29(41)38-15-17-39(18-16-38)33-36-31(34-21-26-12-6-7-14-28(26)43-2)30-32(37-33)40(23-35-30)22-24-9-4-3-5-10-24/h3-14,19,23H,15-18,20-22H2,1-2H3,(H,34,36,37). The van der Waals surface area contributed by atoms with Crippen LogP contribution in [0.2, 0.25) is 0 Å². The van der Waals surface area contributed by atoms with Crippen LogP contribution in [-0.2, 0) is 24.3 Å². The van der Waals surface area contributed by atoms with Gasteiger partial charge in [0, 0.05) is 38.3 Å². The topological polar surface area (TPSA) is 97.6 Å². The number of aromatic nitrogens is 4. The average molecular weight is 578 g/mol. The van der Waals surface area contributed by atoms with Crippen LogP contribution < -0.4 is 19.7 Å². The van der Waals surface area contributed by atoms with Gasteiger partial charge < -0.3 is 29.2 Å². The van der Waals surface area contributed by atoms with Crippen molar-refractivity contribution in [2.75, 3.05) is 50.6 Å². The number of hydrogen-bond acceptors (Lipinski definition) is 8. The Balaban J connectivity index is 1.23. The predicted molar refractivity (Wildman–Crippen MR) is 167 cm³/mol. The van der Waals surface area contributed by atoms with Gasteiger partial charge in [0.1, 0.15) is 11.5 Å². The van der Waals surface area contributed by atoms with Gasteiger partial charge in [0.25, 0.3) is 0 Å². The molecule has 0 unspecified atom stereocenters. The van der Waals surface area contributed by atoms with Crippen LogP contribution in [0.4, 0.5) is 11.8 Å². The van der Waals surface area contributed by atoms with Gasteiger partial charge in [0.2, 0.25) is 11.9 Å². The Morgan fingerprint density at radius 1 is 0.860 bits per heavy atom. The van der Waals surface area contributed by atoms with E-state index in [4.69, 9.17) is 24.4 Å². The number of imidazole rings is 1. The monoisotopic (exact) mass is 577 g/mol. The molecule has 0 aliphatic carbocycles. The number of ether oxygens (including phenoxy) is 2. The third-order valence-electron chi connectivity index (χ3n) is 7.69. The van der Waals surface area contributed by atoms with Crippen molar-refractivity contribution in [3.05, 3.63) is 102 Å². The quantitative estimate of drug-likeness (QED) is 0.261. The second-order valence-corrected chi connectivity index (χ2v) is 10.5. The number of anilines is 2. The molecule has 5 aromatic rings. The summed E-state index contributed by atoms with van der Waals surface area (Å²) in [5.74, 6) is 2.94. The van der Waals surface area contributed by atoms with Crippen molar-refractivity contribution >= 4 is 28.8 Å². The average Bonchev–Trinajstić information content (AvgIpc) is 3.46. The summed E-state index contributed by atoms with van der Waals surface area (Å²) in [5.41, 5.74) is 4.59. The number of nitrogens with one attached hydrogen (secondary N) is 1. The molecular weight excluding hydrogens is 542 g/mol. The normalized spacial score (nSPS) is 13.3. The number of piperazine rings is 1. The molecule has 220 valence electrons. The summed E-state index contributed by atoms with van der Waals surface area (Å²) in [6, 6.07) is 25.8. The molecule has 0 bridgehead atoms. The van der Waals surface area contributed by atoms with E-state index < -0.39 is 0 Å². The molecule has 2 aromatic heterocycles. The molecule has 0 atom stereocenters. The number of hydrogen-bond donors (Lipinski definition) is 1. The second kappa shape index (κ2) is 12.8. The minimum atomic E-state index is 0.101. The van der Waals surface area contributed by atoms with Gasteiger partial charge in [-0.05, 0) is 29.3 Å². The molecule has 0 radical (unpaired) electrons. The summed E-state index contributed by atoms with van der Waals surface area (Å²) >= 11 is 0. The molecule has 3 aromatic carbocycles. The second-order valence-electron chi connectivity index (χ2n) is 10.5. The van der Waals surface area contributed by atoms with Crippen molar-refractivity contribution in [2.24, 2.45) is 0 Å². The van der Waals surface area contributed by atoms with E-state index in [2.05, 4.69) is 26.9 Å². The van der Waals surface area contributed by atoms with Crippen molar-refractivity contribution in [1.29, 1.82) is 0 Å². The molecule has 1 aliphatic rings. The lowest BCUT2D eigenvalue weighted by Crippen LogP contribution is -2.49. The Kier molecular flexibility index (Phi) is 8.35. The van der Waals surface area contributed by atoms with E-state index >= 15 is 0 Å². The van der Waals surface area contributed by atoms with Gasteiger partial charge in [-0.3, -0.25) is 4.79 Å². The first-order valence-electron chi connectivity index (χ1n) is 14.4. The number of amides is 1. The number of benzene rings is 3. The lowest BCUT2D eigenvalue weighted by atomic mass is 10.1. The minimum Gasteiger partial charge on any atom is -0.497 e. The summed E-state index contributed by atoms with van der Waals surface area (Å²) in [4.78, 5) is 31.8. The van der Waals surface area contributed by atoms with Crippen molar-refractivity contribution in [2.45, 2.75) is 19.5 Å². The van der Waals surface area contributed by atoms with Crippen LogP contribution in [0.25, 0.3) is 11.2 Å². The molecule has 10 heteroatoms. The number of carbonyl (C=O) groups is 1. The molecule has 1 fully saturated rings. The lowest BCUT2D eigenvalue weighted by molar-refractivity contribution is -0.130. The van der Waals surface area contributed by atoms with E-state index in [1.807, 2.05) is 78.0 Å². The molecule has 6 rings (SSSR count). The summed E-state index contributed by atoms with van der Waals surface area (Å²) in [6.45, 7) is 3.62. The summed E-state index contributed by atoms with van der Waals surface area (Å²) in [5, 5.41) is 3.49. The van der Waals surface area contributed by atoms with E-state index in [9.17, 15) is 4.79 Å². The van der Waals surface area contributed by atoms with Gasteiger partial charge in [-0.2, -0.15) is 9.97 Å². The molecule has 1 aliphatic heterocycles. The maximum atomic E-state index is 13.1. The molecule has 43 heavy (non-hydrogen) atoms. The van der Waals surface area contributed by atoms with Crippen LogP contribution in [0.5, 0.6) is 11.5 Å². The fraction of sp³-hybridized carbons (Fsp3) is 0.273. The SMILES string of the molecule is COc1cccc(CC(=O)N2CCN(c3nc(NCc4ccccc4OC)c4ncn(Cc5ccccc5)c4n3)CC2)c1. The van der Waals surface area contributed by atoms with Gasteiger partial charge in [-0.15, -0.1) is 0 Å². The van der Waals surface area contributed by atoms with Crippen molar-refractivity contribution in [1.82, 2.24) is 24.4 Å². The summed E-state index contributed by atoms with van der Waals surface area (Å²) < 4.78 is 12.9. The van der Waals surface area contributed by atoms with Crippen molar-refractivity contribution in [3.8, 4) is 11.5 Å². The first-order valence-corrected chi connectivity index (χ1v) is 14.4. The first kappa shape index (κ1) is 28.0. The smallest absolute Gasteiger partial charge is 0.229 e. The largest absolute Gasteiger partial charge is 0.497 e. The van der Waals surface area contributed by atoms with Crippen LogP contribution in [0, 0.1) is 0 Å². The number of fused-ring (bicyclic) bond motifs is 1. The van der Waals surface area contributed by atoms with E-state index in [1.165, 1.54) is 0 Å². The fourth-order valence-corrected chi connectivity index (χ4v) is 5.35. The Morgan fingerprint density at radius 2 is 1.63 bits per heavy atom. The van der Waals surface area contributed by atoms with Gasteiger partial charge in [-0.1, -0.05) is 60.7 Å². The molecule has 1 amide bonds. The zero-order valence-corrected chi connectivity index (χ0v) is 24.4. The molecule has 10 nitrogen and oxygen atoms in total. The Labute approximate surface area is 250 Å². The van der Waals surface area contributed by atoms with Gasteiger partial charge in [0.15, 0.2) is 17.0 Å². The van der Waals surface area contributed by atoms with Crippen molar-refractivity contribution in [3.63, 3.8) is 0 Å². The van der Waals surface area contributed by atoms with Crippen LogP contribution in [0.3, 0.4) is 0 Å². The Morgan fingerprint density at radius 3 is 2.42 bits per heavy atom. The van der Waals surface area contributed by atoms with Crippen LogP contribution in [0.15, 0.2) is 85.2 Å². The fourth-order valence-electron chi connectivity index (χ4n) is 5.35. The number of para-hydroxylation sites is 1. The van der Waals surface area contributed by atoms with Crippen LogP contribution >= 0.6 is 0 Å². The molecular formula is C33H35N7O3. The zero-order valence-electron chi connectivity index (χ0n) is 24.4. The Bertz CT molecular complexity index is 1700. The third kappa shape index (κ3) is 6.38. The lowest BCUT2D eigenvalue weighted by Gasteiger charge is -2.35. The maximum absolute atomic E-state index is 13.1. The highest BCUT2D eigenvalue weighted by molar-refractivity contribution is 5.84. The van der Waals surface area contributed by atoms with Gasteiger partial charge in [-0.25, -0.2) is 4.98 Å². The highest BCUT2D eigenvalue weighted by atomic mass is 16.5. The number of nitrogens with zero attached hydrogens (tertiary/aromatic N) is 6. The number of rotatable bonds is 10. The molecule has 0 spiro atoms. The molecule has 1 saturated heterocycles. The van der Waals surface area contributed by atoms with E-state index in [0.717, 1.165) is 33.8 Å². The predicted octanol–water partition coefficient (Wildman–Crippen LogP) is 4.40. The van der Waals surface area contributed by atoms with E-state index in [0.29, 0.717) is 63.0 Å². The Hall–Kier alpha value is -5.12. The third-order valence-corrected chi connectivity index (χ3v) is 7.69. The molecule has 1 N–H and O–H groups in total. The van der Waals surface area contributed by atoms with Gasteiger partial charge >= 0.3 is 0 Å². The van der Waals surface area contributed by atoms with E-state index in [1.54, 1.807) is 14.2 Å². The summed E-state index contributed by atoms with van der Waals surface area (Å²) in [7, 11) is 3.31. The van der Waals surface area contributed by atoms with E-state index in [-0.39, 0.29) is 5.91 Å². The van der Waals surface area contributed by atoms with Crippen molar-refractivity contribution < 1.29 is 14.3 Å². The molecule has 3 heterocycles. The first-order chi connectivity index (χ1) is 21.1. The zero-order chi connectivity index (χ0) is 29.6.